The number of unbranched alkanes of at least 4 members (excludes halogenated alkanes) is 2. The minimum Gasteiger partial charge on any atom is -0.668 e. The van der Waals surface area contributed by atoms with Crippen LogP contribution in [0.1, 0.15) is 52.4 Å². The van der Waals surface area contributed by atoms with E-state index in [4.69, 9.17) is 0 Å². The first kappa shape index (κ1) is 15.3. The molecule has 60 valence electrons. The topological polar surface area (TPSA) is 0 Å². The van der Waals surface area contributed by atoms with E-state index in [-0.39, 0.29) is 51.4 Å². The third-order valence-corrected chi connectivity index (χ3v) is 2.39. The van der Waals surface area contributed by atoms with Crippen molar-refractivity contribution in [2.45, 2.75) is 57.9 Å². The van der Waals surface area contributed by atoms with Gasteiger partial charge in [0.1, 0.15) is 0 Å². The average molecular weight is 194 g/mol. The quantitative estimate of drug-likeness (QED) is 0.535. The van der Waals surface area contributed by atoms with Crippen molar-refractivity contribution in [2.24, 2.45) is 0 Å². The summed E-state index contributed by atoms with van der Waals surface area (Å²) >= 11 is 0. The van der Waals surface area contributed by atoms with Gasteiger partial charge in [0.25, 0.3) is 0 Å². The Morgan fingerprint density at radius 1 is 1.00 bits per heavy atom. The second kappa shape index (κ2) is 11.9. The van der Waals surface area contributed by atoms with Crippen molar-refractivity contribution in [1.29, 1.82) is 0 Å². The summed E-state index contributed by atoms with van der Waals surface area (Å²) in [6.45, 7) is 4.50. The molecule has 2 radical (unpaired) electrons. The largest absolute Gasteiger partial charge is 1.00 e. The molecule has 0 fully saturated rings. The average Bonchev–Trinajstić information content (AvgIpc) is 1.97. The van der Waals surface area contributed by atoms with Crippen LogP contribution < -0.4 is 51.4 Å². The molecule has 0 bridgehead atoms. The summed E-state index contributed by atoms with van der Waals surface area (Å²) in [5.41, 5.74) is 0.778. The van der Waals surface area contributed by atoms with Gasteiger partial charge in [0, 0.05) is 0 Å². The van der Waals surface area contributed by atoms with Gasteiger partial charge < -0.3 is 10.2 Å². The van der Waals surface area contributed by atoms with Crippen molar-refractivity contribution >= 4 is 10.2 Å². The van der Waals surface area contributed by atoms with Gasteiger partial charge in [-0.05, 0) is 0 Å². The predicted molar refractivity (Wildman–Crippen MR) is 48.6 cm³/mol. The molecular formula is C9H19KSi. The van der Waals surface area contributed by atoms with Gasteiger partial charge in [-0.2, -0.15) is 0 Å². The van der Waals surface area contributed by atoms with E-state index in [0.29, 0.717) is 0 Å². The summed E-state index contributed by atoms with van der Waals surface area (Å²) < 4.78 is 0. The zero-order valence-electron chi connectivity index (χ0n) is 8.32. The molecule has 0 nitrogen and oxygen atoms in total. The summed E-state index contributed by atoms with van der Waals surface area (Å²) in [7, 11) is 3.73. The first-order valence-electron chi connectivity index (χ1n) is 4.52. The third kappa shape index (κ3) is 11.9. The minimum atomic E-state index is 0. The summed E-state index contributed by atoms with van der Waals surface area (Å²) in [6, 6.07) is 0. The van der Waals surface area contributed by atoms with Crippen LogP contribution in [0, 0.1) is 0 Å². The van der Waals surface area contributed by atoms with Gasteiger partial charge in [-0.1, -0.05) is 52.4 Å². The smallest absolute Gasteiger partial charge is 0.668 e. The Kier molecular flexibility index (Phi) is 16.5. The van der Waals surface area contributed by atoms with Crippen LogP contribution in [0.3, 0.4) is 0 Å². The van der Waals surface area contributed by atoms with Crippen LogP contribution in [0.2, 0.25) is 5.54 Å². The predicted octanol–water partition coefficient (Wildman–Crippen LogP) is 0.328. The molecule has 0 aromatic heterocycles. The van der Waals surface area contributed by atoms with Crippen LogP contribution in [0.4, 0.5) is 0 Å². The molecule has 0 amide bonds. The maximum absolute atomic E-state index is 3.73. The molecule has 0 saturated heterocycles. The summed E-state index contributed by atoms with van der Waals surface area (Å²) in [6.07, 6.45) is 8.11. The van der Waals surface area contributed by atoms with Crippen molar-refractivity contribution in [1.82, 2.24) is 0 Å². The minimum absolute atomic E-state index is 0. The van der Waals surface area contributed by atoms with Crippen LogP contribution >= 0.6 is 0 Å². The Balaban J connectivity index is 0. The fourth-order valence-electron chi connectivity index (χ4n) is 1.05. The second-order valence-electron chi connectivity index (χ2n) is 2.98. The molecule has 0 unspecified atom stereocenters. The molecule has 0 aliphatic rings. The molecule has 0 saturated carbocycles. The summed E-state index contributed by atoms with van der Waals surface area (Å²) in [4.78, 5) is 0. The molecule has 0 aliphatic heterocycles. The number of hydrogen-bond acceptors (Lipinski definition) is 0. The molecule has 0 aliphatic carbocycles. The molecule has 0 N–H and O–H groups in total. The Morgan fingerprint density at radius 3 is 1.64 bits per heavy atom. The Morgan fingerprint density at radius 2 is 1.36 bits per heavy atom. The summed E-state index contributed by atoms with van der Waals surface area (Å²) in [5.74, 6) is 0. The van der Waals surface area contributed by atoms with E-state index in [0.717, 1.165) is 5.54 Å². The van der Waals surface area contributed by atoms with Gasteiger partial charge in [0.15, 0.2) is 0 Å². The van der Waals surface area contributed by atoms with E-state index in [1.165, 1.54) is 38.5 Å². The fraction of sp³-hybridized carbons (Fsp3) is 1.00. The molecule has 11 heavy (non-hydrogen) atoms. The van der Waals surface area contributed by atoms with Crippen molar-refractivity contribution in [2.75, 3.05) is 0 Å². The van der Waals surface area contributed by atoms with Crippen molar-refractivity contribution in [3.8, 4) is 0 Å². The zero-order chi connectivity index (χ0) is 7.82. The molecular weight excluding hydrogens is 175 g/mol. The molecule has 0 atom stereocenters. The monoisotopic (exact) mass is 194 g/mol. The fourth-order valence-corrected chi connectivity index (χ4v) is 1.45. The van der Waals surface area contributed by atoms with E-state index in [9.17, 15) is 0 Å². The SMILES string of the molecule is CCCCC([Si-])CCCC.[K+]. The van der Waals surface area contributed by atoms with E-state index >= 15 is 0 Å². The van der Waals surface area contributed by atoms with Crippen LogP contribution in [0.25, 0.3) is 0 Å². The standard InChI is InChI=1S/C9H19Si.K/c1-3-5-7-9(10)8-6-4-2;/h9H,3-8H2,1-2H3;/q-1;+1. The van der Waals surface area contributed by atoms with Gasteiger partial charge in [-0.3, -0.25) is 0 Å². The number of hydrogen-bond donors (Lipinski definition) is 0. The van der Waals surface area contributed by atoms with E-state index in [1.54, 1.807) is 0 Å². The molecule has 0 spiro atoms. The Hall–Kier alpha value is 1.85. The second-order valence-corrected chi connectivity index (χ2v) is 3.80. The van der Waals surface area contributed by atoms with Crippen LogP contribution in [0.5, 0.6) is 0 Å². The third-order valence-electron chi connectivity index (χ3n) is 1.81. The van der Waals surface area contributed by atoms with Crippen molar-refractivity contribution < 1.29 is 51.4 Å². The normalized spacial score (nSPS) is 9.82. The van der Waals surface area contributed by atoms with Crippen LogP contribution in [0.15, 0.2) is 0 Å². The zero-order valence-corrected chi connectivity index (χ0v) is 12.4. The van der Waals surface area contributed by atoms with E-state index in [2.05, 4.69) is 24.1 Å². The van der Waals surface area contributed by atoms with Crippen LogP contribution in [-0.2, 0) is 0 Å². The summed E-state index contributed by atoms with van der Waals surface area (Å²) in [5, 5.41) is 0. The molecule has 2 heteroatoms. The Labute approximate surface area is 118 Å². The molecule has 0 heterocycles. The first-order valence-corrected chi connectivity index (χ1v) is 5.10. The van der Waals surface area contributed by atoms with Gasteiger partial charge in [-0.25, -0.2) is 5.54 Å². The van der Waals surface area contributed by atoms with Crippen LogP contribution in [-0.4, -0.2) is 10.2 Å². The first-order chi connectivity index (χ1) is 4.81. The van der Waals surface area contributed by atoms with Gasteiger partial charge in [0.05, 0.1) is 0 Å². The van der Waals surface area contributed by atoms with Crippen molar-refractivity contribution in [3.05, 3.63) is 0 Å². The molecule has 0 rings (SSSR count). The van der Waals surface area contributed by atoms with Crippen molar-refractivity contribution in [3.63, 3.8) is 0 Å². The molecule has 0 aromatic rings. The van der Waals surface area contributed by atoms with Gasteiger partial charge in [-0.15, -0.1) is 0 Å². The Bertz CT molecular complexity index is 58.6. The van der Waals surface area contributed by atoms with Gasteiger partial charge in [0.2, 0.25) is 0 Å². The number of rotatable bonds is 6. The van der Waals surface area contributed by atoms with E-state index < -0.39 is 0 Å². The van der Waals surface area contributed by atoms with Gasteiger partial charge >= 0.3 is 51.4 Å². The maximum atomic E-state index is 3.73. The maximum Gasteiger partial charge on any atom is 1.00 e. The van der Waals surface area contributed by atoms with E-state index in [1.807, 2.05) is 0 Å². The molecule has 0 aromatic carbocycles.